The van der Waals surface area contributed by atoms with Gasteiger partial charge in [-0.2, -0.15) is 0 Å². The van der Waals surface area contributed by atoms with Crippen LogP contribution in [0.2, 0.25) is 0 Å². The van der Waals surface area contributed by atoms with E-state index in [4.69, 9.17) is 11.5 Å². The summed E-state index contributed by atoms with van der Waals surface area (Å²) in [7, 11) is 0. The highest BCUT2D eigenvalue weighted by atomic mass is 16.3. The van der Waals surface area contributed by atoms with Gasteiger partial charge in [-0.1, -0.05) is 30.3 Å². The predicted molar refractivity (Wildman–Crippen MR) is 146 cm³/mol. The number of nitrogens with one attached hydrogen (secondary N) is 1. The van der Waals surface area contributed by atoms with Crippen LogP contribution in [0, 0.1) is 0 Å². The summed E-state index contributed by atoms with van der Waals surface area (Å²) in [6.45, 7) is 4.01. The standard InChI is InChI=1S/C29H29N5O2/c1-29(2,36)14-15-32-23-16-19(11-12-21(23)28(31)35)34-24-8-4-3-6-22(24)27-20(7-5-9-25(27)34)18-10-13-26(30)33-17-18/h3-13,16-17,32,36H,14-15H2,1-2H3,(H2,30,33)(H2,31,35). The lowest BCUT2D eigenvalue weighted by atomic mass is 10.0. The number of fused-ring (bicyclic) bond motifs is 3. The third-order valence-electron chi connectivity index (χ3n) is 6.37. The fourth-order valence-corrected chi connectivity index (χ4v) is 4.64. The summed E-state index contributed by atoms with van der Waals surface area (Å²) in [6.07, 6.45) is 2.31. The van der Waals surface area contributed by atoms with Crippen molar-refractivity contribution >= 4 is 39.2 Å². The summed E-state index contributed by atoms with van der Waals surface area (Å²) in [5.74, 6) is -0.0276. The number of carbonyl (C=O) groups is 1. The van der Waals surface area contributed by atoms with E-state index in [1.807, 2.05) is 42.5 Å². The summed E-state index contributed by atoms with van der Waals surface area (Å²) in [5, 5.41) is 15.6. The van der Waals surface area contributed by atoms with Crippen LogP contribution in [-0.4, -0.2) is 32.7 Å². The number of hydrogen-bond donors (Lipinski definition) is 4. The average molecular weight is 480 g/mol. The lowest BCUT2D eigenvalue weighted by molar-refractivity contribution is 0.0749. The minimum Gasteiger partial charge on any atom is -0.390 e. The second kappa shape index (κ2) is 9.02. The van der Waals surface area contributed by atoms with E-state index in [9.17, 15) is 9.90 Å². The molecule has 3 aromatic carbocycles. The number of nitrogens with two attached hydrogens (primary N) is 2. The summed E-state index contributed by atoms with van der Waals surface area (Å²) < 4.78 is 2.19. The monoisotopic (exact) mass is 479 g/mol. The van der Waals surface area contributed by atoms with Crippen molar-refractivity contribution in [2.24, 2.45) is 5.73 Å². The Bertz CT molecular complexity index is 1580. The molecule has 7 nitrogen and oxygen atoms in total. The Labute approximate surface area is 209 Å². The van der Waals surface area contributed by atoms with Crippen molar-refractivity contribution in [2.45, 2.75) is 25.9 Å². The summed E-state index contributed by atoms with van der Waals surface area (Å²) in [6, 6.07) is 23.8. The molecule has 7 heteroatoms. The first-order chi connectivity index (χ1) is 17.2. The zero-order valence-corrected chi connectivity index (χ0v) is 20.3. The number of anilines is 2. The van der Waals surface area contributed by atoms with Gasteiger partial charge in [-0.15, -0.1) is 0 Å². The maximum atomic E-state index is 12.1. The molecule has 0 saturated heterocycles. The molecule has 0 aliphatic rings. The zero-order valence-electron chi connectivity index (χ0n) is 20.3. The Hall–Kier alpha value is -4.36. The molecule has 6 N–H and O–H groups in total. The largest absolute Gasteiger partial charge is 0.390 e. The number of rotatable bonds is 7. The number of amides is 1. The lowest BCUT2D eigenvalue weighted by Crippen LogP contribution is -2.23. The van der Waals surface area contributed by atoms with E-state index < -0.39 is 11.5 Å². The molecule has 0 fully saturated rings. The summed E-state index contributed by atoms with van der Waals surface area (Å²) >= 11 is 0. The number of benzene rings is 3. The molecule has 0 spiro atoms. The zero-order chi connectivity index (χ0) is 25.4. The van der Waals surface area contributed by atoms with Gasteiger partial charge in [0.05, 0.1) is 22.2 Å². The number of para-hydroxylation sites is 1. The molecule has 0 unspecified atom stereocenters. The minimum absolute atomic E-state index is 0.406. The number of aliphatic hydroxyl groups is 1. The Morgan fingerprint density at radius 1 is 1.03 bits per heavy atom. The van der Waals surface area contributed by atoms with Crippen LogP contribution in [0.15, 0.2) is 79.0 Å². The van der Waals surface area contributed by atoms with Crippen LogP contribution in [0.4, 0.5) is 11.5 Å². The van der Waals surface area contributed by atoms with Crippen LogP contribution < -0.4 is 16.8 Å². The number of pyridine rings is 1. The van der Waals surface area contributed by atoms with Crippen molar-refractivity contribution in [1.29, 1.82) is 0 Å². The molecule has 0 saturated carbocycles. The number of primary amides is 1. The highest BCUT2D eigenvalue weighted by Gasteiger charge is 2.18. The molecule has 2 heterocycles. The minimum atomic E-state index is -0.822. The van der Waals surface area contributed by atoms with E-state index in [1.165, 1.54) is 0 Å². The topological polar surface area (TPSA) is 119 Å². The van der Waals surface area contributed by atoms with Crippen LogP contribution in [0.5, 0.6) is 0 Å². The van der Waals surface area contributed by atoms with E-state index in [-0.39, 0.29) is 0 Å². The van der Waals surface area contributed by atoms with Crippen molar-refractivity contribution in [3.63, 3.8) is 0 Å². The molecule has 5 rings (SSSR count). The van der Waals surface area contributed by atoms with Crippen molar-refractivity contribution in [2.75, 3.05) is 17.6 Å². The van der Waals surface area contributed by atoms with Crippen LogP contribution in [-0.2, 0) is 0 Å². The first kappa shape index (κ1) is 23.4. The molecule has 36 heavy (non-hydrogen) atoms. The Morgan fingerprint density at radius 2 is 1.81 bits per heavy atom. The van der Waals surface area contributed by atoms with E-state index in [1.54, 1.807) is 26.1 Å². The van der Waals surface area contributed by atoms with Crippen LogP contribution in [0.1, 0.15) is 30.6 Å². The summed E-state index contributed by atoms with van der Waals surface area (Å²) in [4.78, 5) is 16.4. The van der Waals surface area contributed by atoms with Gasteiger partial charge in [-0.05, 0) is 68.3 Å². The average Bonchev–Trinajstić information content (AvgIpc) is 3.18. The van der Waals surface area contributed by atoms with Gasteiger partial charge in [0.2, 0.25) is 0 Å². The Morgan fingerprint density at radius 3 is 2.53 bits per heavy atom. The molecule has 0 radical (unpaired) electrons. The molecule has 2 aromatic heterocycles. The molecule has 0 aliphatic heterocycles. The van der Waals surface area contributed by atoms with Crippen LogP contribution in [0.3, 0.4) is 0 Å². The van der Waals surface area contributed by atoms with E-state index in [0.717, 1.165) is 38.6 Å². The van der Waals surface area contributed by atoms with Crippen molar-refractivity contribution in [3.8, 4) is 16.8 Å². The fraction of sp³-hybridized carbons (Fsp3) is 0.172. The van der Waals surface area contributed by atoms with Crippen LogP contribution in [0.25, 0.3) is 38.6 Å². The smallest absolute Gasteiger partial charge is 0.250 e. The highest BCUT2D eigenvalue weighted by molar-refractivity contribution is 6.15. The fourth-order valence-electron chi connectivity index (χ4n) is 4.64. The quantitative estimate of drug-likeness (QED) is 0.259. The number of nitrogen functional groups attached to an aromatic ring is 1. The van der Waals surface area contributed by atoms with Gasteiger partial charge in [0.1, 0.15) is 5.82 Å². The molecule has 1 amide bonds. The highest BCUT2D eigenvalue weighted by Crippen LogP contribution is 2.38. The molecule has 0 atom stereocenters. The molecule has 182 valence electrons. The van der Waals surface area contributed by atoms with E-state index >= 15 is 0 Å². The second-order valence-corrected chi connectivity index (χ2v) is 9.61. The SMILES string of the molecule is CC(C)(O)CCNc1cc(-n2c3ccccc3c3c(-c4ccc(N)nc4)cccc32)ccc1C(N)=O. The van der Waals surface area contributed by atoms with Gasteiger partial charge in [-0.3, -0.25) is 4.79 Å². The van der Waals surface area contributed by atoms with Gasteiger partial charge in [-0.25, -0.2) is 4.98 Å². The molecular weight excluding hydrogens is 450 g/mol. The summed E-state index contributed by atoms with van der Waals surface area (Å²) in [5.41, 5.74) is 16.7. The lowest BCUT2D eigenvalue weighted by Gasteiger charge is -2.19. The maximum absolute atomic E-state index is 12.1. The maximum Gasteiger partial charge on any atom is 0.250 e. The molecular formula is C29H29N5O2. The van der Waals surface area contributed by atoms with Crippen LogP contribution >= 0.6 is 0 Å². The first-order valence-corrected chi connectivity index (χ1v) is 11.9. The third-order valence-corrected chi connectivity index (χ3v) is 6.37. The third kappa shape index (κ3) is 4.36. The van der Waals surface area contributed by atoms with E-state index in [0.29, 0.717) is 30.0 Å². The number of aromatic nitrogens is 2. The van der Waals surface area contributed by atoms with Gasteiger partial charge >= 0.3 is 0 Å². The number of hydrogen-bond acceptors (Lipinski definition) is 5. The predicted octanol–water partition coefficient (Wildman–Crippen LogP) is 5.10. The second-order valence-electron chi connectivity index (χ2n) is 9.61. The molecule has 0 bridgehead atoms. The molecule has 5 aromatic rings. The molecule has 0 aliphatic carbocycles. The van der Waals surface area contributed by atoms with Gasteiger partial charge in [0.25, 0.3) is 5.91 Å². The van der Waals surface area contributed by atoms with Gasteiger partial charge in [0, 0.05) is 40.5 Å². The van der Waals surface area contributed by atoms with Crippen molar-refractivity contribution in [1.82, 2.24) is 9.55 Å². The normalized spacial score (nSPS) is 11.8. The Balaban J connectivity index is 1.71. The van der Waals surface area contributed by atoms with Gasteiger partial charge < -0.3 is 26.5 Å². The number of carbonyl (C=O) groups excluding carboxylic acids is 1. The van der Waals surface area contributed by atoms with Crippen molar-refractivity contribution in [3.05, 3.63) is 84.6 Å². The van der Waals surface area contributed by atoms with E-state index in [2.05, 4.69) is 39.1 Å². The van der Waals surface area contributed by atoms with Gasteiger partial charge in [0.15, 0.2) is 0 Å². The number of nitrogens with zero attached hydrogens (tertiary/aromatic N) is 2. The van der Waals surface area contributed by atoms with Crippen molar-refractivity contribution < 1.29 is 9.90 Å². The Kier molecular flexibility index (Phi) is 5.86. The first-order valence-electron chi connectivity index (χ1n) is 11.9.